The number of rotatable bonds is 6. The van der Waals surface area contributed by atoms with Gasteiger partial charge in [0.2, 0.25) is 0 Å². The second-order valence-electron chi connectivity index (χ2n) is 6.95. The molecular formula is C16H32ClN3O2. The highest BCUT2D eigenvalue weighted by Gasteiger charge is 2.39. The molecule has 130 valence electrons. The molecular weight excluding hydrogens is 302 g/mol. The van der Waals surface area contributed by atoms with Crippen LogP contribution in [-0.4, -0.2) is 47.7 Å². The Morgan fingerprint density at radius 2 is 1.77 bits per heavy atom. The van der Waals surface area contributed by atoms with Crippen LogP contribution in [0.3, 0.4) is 0 Å². The minimum absolute atomic E-state index is 0.160. The van der Waals surface area contributed by atoms with Crippen molar-refractivity contribution in [1.82, 2.24) is 4.90 Å². The highest BCUT2D eigenvalue weighted by molar-refractivity contribution is 6.20. The average Bonchev–Trinajstić information content (AvgIpc) is 2.52. The van der Waals surface area contributed by atoms with Gasteiger partial charge < -0.3 is 15.6 Å². The molecule has 0 heterocycles. The van der Waals surface area contributed by atoms with Crippen LogP contribution in [0.4, 0.5) is 0 Å². The van der Waals surface area contributed by atoms with E-state index in [1.165, 1.54) is 6.42 Å². The molecule has 0 aromatic carbocycles. The quantitative estimate of drug-likeness (QED) is 0.510. The SMILES string of the molecule is COCN(C(N)O)C1CCCCC1C(N)C1CCC(Cl)CC1. The van der Waals surface area contributed by atoms with E-state index >= 15 is 0 Å². The minimum Gasteiger partial charge on any atom is -0.369 e. The van der Waals surface area contributed by atoms with Crippen molar-refractivity contribution in [2.45, 2.75) is 75.2 Å². The molecule has 0 aromatic heterocycles. The first-order valence-electron chi connectivity index (χ1n) is 8.62. The van der Waals surface area contributed by atoms with Gasteiger partial charge in [-0.2, -0.15) is 0 Å². The van der Waals surface area contributed by atoms with Gasteiger partial charge in [-0.1, -0.05) is 12.8 Å². The summed E-state index contributed by atoms with van der Waals surface area (Å²) in [5, 5.41) is 10.2. The summed E-state index contributed by atoms with van der Waals surface area (Å²) >= 11 is 6.22. The number of methoxy groups -OCH3 is 1. The largest absolute Gasteiger partial charge is 0.369 e. The number of hydrogen-bond acceptors (Lipinski definition) is 5. The van der Waals surface area contributed by atoms with Crippen molar-refractivity contribution in [1.29, 1.82) is 0 Å². The van der Waals surface area contributed by atoms with E-state index in [9.17, 15) is 5.11 Å². The Morgan fingerprint density at radius 1 is 1.14 bits per heavy atom. The van der Waals surface area contributed by atoms with E-state index in [0.717, 1.165) is 44.9 Å². The Labute approximate surface area is 139 Å². The van der Waals surface area contributed by atoms with Gasteiger partial charge in [0.1, 0.15) is 6.73 Å². The number of alkyl halides is 1. The molecule has 0 saturated heterocycles. The zero-order chi connectivity index (χ0) is 16.1. The van der Waals surface area contributed by atoms with Crippen molar-refractivity contribution in [3.8, 4) is 0 Å². The van der Waals surface area contributed by atoms with Crippen molar-refractivity contribution in [2.75, 3.05) is 13.8 Å². The monoisotopic (exact) mass is 333 g/mol. The van der Waals surface area contributed by atoms with Gasteiger partial charge in [0.25, 0.3) is 0 Å². The van der Waals surface area contributed by atoms with E-state index in [4.69, 9.17) is 27.8 Å². The van der Waals surface area contributed by atoms with Crippen molar-refractivity contribution >= 4 is 11.6 Å². The number of nitrogens with two attached hydrogens (primary N) is 2. The summed E-state index contributed by atoms with van der Waals surface area (Å²) in [7, 11) is 1.63. The molecule has 4 unspecified atom stereocenters. The summed E-state index contributed by atoms with van der Waals surface area (Å²) in [5.41, 5.74) is 12.4. The summed E-state index contributed by atoms with van der Waals surface area (Å²) < 4.78 is 5.23. The van der Waals surface area contributed by atoms with Crippen LogP contribution in [0.15, 0.2) is 0 Å². The Kier molecular flexibility index (Phi) is 7.38. The summed E-state index contributed by atoms with van der Waals surface area (Å²) in [6.07, 6.45) is 7.90. The minimum atomic E-state index is -0.990. The van der Waals surface area contributed by atoms with E-state index in [2.05, 4.69) is 0 Å². The third-order valence-corrected chi connectivity index (χ3v) is 6.00. The van der Waals surface area contributed by atoms with Gasteiger partial charge in [-0.25, -0.2) is 4.90 Å². The molecule has 2 saturated carbocycles. The molecule has 5 nitrogen and oxygen atoms in total. The zero-order valence-electron chi connectivity index (χ0n) is 13.7. The first-order chi connectivity index (χ1) is 10.5. The van der Waals surface area contributed by atoms with Crippen LogP contribution in [0.1, 0.15) is 51.4 Å². The summed E-state index contributed by atoms with van der Waals surface area (Å²) in [4.78, 5) is 1.86. The van der Waals surface area contributed by atoms with Crippen LogP contribution in [-0.2, 0) is 4.74 Å². The normalized spacial score (nSPS) is 36.3. The second-order valence-corrected chi connectivity index (χ2v) is 7.57. The molecule has 2 fully saturated rings. The van der Waals surface area contributed by atoms with Gasteiger partial charge in [0.15, 0.2) is 6.35 Å². The standard InChI is InChI=1S/C16H32ClN3O2/c1-22-10-20(16(19)21)14-5-3-2-4-13(14)15(18)11-6-8-12(17)9-7-11/h11-16,21H,2-10,18-19H2,1H3. The molecule has 22 heavy (non-hydrogen) atoms. The Balaban J connectivity index is 2.04. The maximum atomic E-state index is 9.91. The fraction of sp³-hybridized carbons (Fsp3) is 1.00. The van der Waals surface area contributed by atoms with Gasteiger partial charge in [0, 0.05) is 24.6 Å². The molecule has 0 aromatic rings. The highest BCUT2D eigenvalue weighted by atomic mass is 35.5. The van der Waals surface area contributed by atoms with Crippen molar-refractivity contribution in [3.05, 3.63) is 0 Å². The summed E-state index contributed by atoms with van der Waals surface area (Å²) in [6, 6.07) is 0.366. The first kappa shape index (κ1) is 18.4. The molecule has 0 spiro atoms. The molecule has 2 rings (SSSR count). The van der Waals surface area contributed by atoms with Gasteiger partial charge in [-0.15, -0.1) is 11.6 Å². The number of nitrogens with zero attached hydrogens (tertiary/aromatic N) is 1. The lowest BCUT2D eigenvalue weighted by Crippen LogP contribution is -2.57. The van der Waals surface area contributed by atoms with Crippen LogP contribution < -0.4 is 11.5 Å². The van der Waals surface area contributed by atoms with Crippen LogP contribution in [0.2, 0.25) is 0 Å². The lowest BCUT2D eigenvalue weighted by atomic mass is 9.71. The fourth-order valence-corrected chi connectivity index (χ4v) is 4.58. The smallest absolute Gasteiger partial charge is 0.162 e. The molecule has 4 atom stereocenters. The Morgan fingerprint density at radius 3 is 2.36 bits per heavy atom. The number of aliphatic hydroxyl groups is 1. The van der Waals surface area contributed by atoms with Crippen molar-refractivity contribution in [3.63, 3.8) is 0 Å². The van der Waals surface area contributed by atoms with Crippen LogP contribution in [0.25, 0.3) is 0 Å². The van der Waals surface area contributed by atoms with Crippen LogP contribution >= 0.6 is 11.6 Å². The first-order valence-corrected chi connectivity index (χ1v) is 9.06. The lowest BCUT2D eigenvalue weighted by Gasteiger charge is -2.45. The predicted octanol–water partition coefficient (Wildman–Crippen LogP) is 1.81. The van der Waals surface area contributed by atoms with Crippen molar-refractivity contribution < 1.29 is 9.84 Å². The number of aliphatic hydroxyl groups excluding tert-OH is 1. The fourth-order valence-electron chi connectivity index (χ4n) is 4.33. The molecule has 0 radical (unpaired) electrons. The topological polar surface area (TPSA) is 84.7 Å². The van der Waals surface area contributed by atoms with Gasteiger partial charge in [-0.05, 0) is 50.4 Å². The molecule has 2 aliphatic rings. The van der Waals surface area contributed by atoms with Gasteiger partial charge >= 0.3 is 0 Å². The second kappa shape index (κ2) is 8.81. The third kappa shape index (κ3) is 4.56. The number of hydrogen-bond donors (Lipinski definition) is 3. The molecule has 0 aliphatic heterocycles. The Bertz CT molecular complexity index is 325. The number of ether oxygens (including phenoxy) is 1. The lowest BCUT2D eigenvalue weighted by molar-refractivity contribution is -0.105. The van der Waals surface area contributed by atoms with Crippen molar-refractivity contribution in [2.24, 2.45) is 23.3 Å². The van der Waals surface area contributed by atoms with Crippen LogP contribution in [0.5, 0.6) is 0 Å². The summed E-state index contributed by atoms with van der Waals surface area (Å²) in [5.74, 6) is 0.916. The zero-order valence-corrected chi connectivity index (χ0v) is 14.4. The maximum absolute atomic E-state index is 9.91. The van der Waals surface area contributed by atoms with E-state index in [1.54, 1.807) is 7.11 Å². The number of halogens is 1. The van der Waals surface area contributed by atoms with E-state index in [-0.39, 0.29) is 12.1 Å². The van der Waals surface area contributed by atoms with Crippen LogP contribution in [0, 0.1) is 11.8 Å². The predicted molar refractivity (Wildman–Crippen MR) is 89.2 cm³/mol. The Hall–Kier alpha value is 0.0900. The maximum Gasteiger partial charge on any atom is 0.162 e. The molecule has 0 amide bonds. The van der Waals surface area contributed by atoms with E-state index < -0.39 is 6.35 Å². The van der Waals surface area contributed by atoms with Gasteiger partial charge in [-0.3, -0.25) is 5.73 Å². The molecule has 2 aliphatic carbocycles. The van der Waals surface area contributed by atoms with E-state index in [0.29, 0.717) is 23.9 Å². The molecule has 6 heteroatoms. The third-order valence-electron chi connectivity index (χ3n) is 5.57. The van der Waals surface area contributed by atoms with Gasteiger partial charge in [0.05, 0.1) is 0 Å². The molecule has 0 bridgehead atoms. The van der Waals surface area contributed by atoms with E-state index in [1.807, 2.05) is 4.90 Å². The molecule has 5 N–H and O–H groups in total. The highest BCUT2D eigenvalue weighted by Crippen LogP contribution is 2.37. The average molecular weight is 334 g/mol. The summed E-state index contributed by atoms with van der Waals surface area (Å²) in [6.45, 7) is 0.347.